The van der Waals surface area contributed by atoms with Gasteiger partial charge in [-0.2, -0.15) is 0 Å². The van der Waals surface area contributed by atoms with Gasteiger partial charge < -0.3 is 68.9 Å². The van der Waals surface area contributed by atoms with Crippen molar-refractivity contribution in [2.24, 2.45) is 168 Å². The number of esters is 7. The Morgan fingerprint density at radius 1 is 0.313 bits per heavy atom. The molecule has 22 rings (SSSR count). The van der Waals surface area contributed by atoms with Gasteiger partial charge in [-0.3, -0.25) is 33.6 Å². The first-order valence-corrected chi connectivity index (χ1v) is 62.6. The first-order valence-electron chi connectivity index (χ1n) is 62.6. The quantitative estimate of drug-likeness (QED) is 0.0254. The van der Waals surface area contributed by atoms with E-state index in [4.69, 9.17) is 48.5 Å². The maximum absolute atomic E-state index is 12.6. The van der Waals surface area contributed by atoms with E-state index in [0.29, 0.717) is 67.9 Å². The summed E-state index contributed by atoms with van der Waals surface area (Å²) in [5.41, 5.74) is -6.83. The van der Waals surface area contributed by atoms with Crippen LogP contribution in [0.4, 0.5) is 0 Å². The summed E-state index contributed by atoms with van der Waals surface area (Å²) in [6, 6.07) is 0. The second-order valence-electron chi connectivity index (χ2n) is 57.8. The van der Waals surface area contributed by atoms with Crippen molar-refractivity contribution in [3.63, 3.8) is 0 Å². The molecule has 0 saturated heterocycles. The molecular formula is C129H224O21. The summed E-state index contributed by atoms with van der Waals surface area (Å²) < 4.78 is 39.7. The molecule has 0 amide bonds. The van der Waals surface area contributed by atoms with Crippen molar-refractivity contribution in [3.05, 3.63) is 0 Å². The molecule has 22 saturated carbocycles. The Hall–Kier alpha value is -3.99. The molecule has 0 aromatic carbocycles. The molecule has 22 aliphatic carbocycles. The minimum absolute atomic E-state index is 0.0189. The molecule has 25 unspecified atom stereocenters. The van der Waals surface area contributed by atoms with Crippen LogP contribution in [0.25, 0.3) is 0 Å². The molecule has 22 fully saturated rings. The van der Waals surface area contributed by atoms with Crippen molar-refractivity contribution < 1.29 is 102 Å². The Kier molecular flexibility index (Phi) is 43.5. The maximum atomic E-state index is 12.6. The van der Waals surface area contributed by atoms with Gasteiger partial charge in [-0.05, 0) is 531 Å². The van der Waals surface area contributed by atoms with E-state index < -0.39 is 61.1 Å². The normalized spacial score (nSPS) is 38.6. The highest BCUT2D eigenvalue weighted by Crippen LogP contribution is 2.71. The van der Waals surface area contributed by atoms with Gasteiger partial charge in [-0.25, -0.2) is 0 Å². The smallest absolute Gasteiger partial charge is 0.312 e. The van der Waals surface area contributed by atoms with Crippen LogP contribution in [0.1, 0.15) is 520 Å². The lowest BCUT2D eigenvalue weighted by Gasteiger charge is -2.64. The average molecular weight is 2110 g/mol. The van der Waals surface area contributed by atoms with Gasteiger partial charge in [0.2, 0.25) is 0 Å². The van der Waals surface area contributed by atoms with E-state index in [1.807, 2.05) is 138 Å². The first kappa shape index (κ1) is 126. The van der Waals surface area contributed by atoms with E-state index in [2.05, 4.69) is 34.6 Å². The van der Waals surface area contributed by atoms with Crippen LogP contribution < -0.4 is 0 Å². The number of carbonyl (C=O) groups excluding carboxylic acids is 7. The highest BCUT2D eigenvalue weighted by molar-refractivity contribution is 5.78. The van der Waals surface area contributed by atoms with E-state index in [1.165, 1.54) is 135 Å². The van der Waals surface area contributed by atoms with Crippen molar-refractivity contribution in [2.75, 3.05) is 33.0 Å². The van der Waals surface area contributed by atoms with Crippen LogP contribution in [0.15, 0.2) is 0 Å². The number of fused-ring (bicyclic) bond motifs is 21. The fraction of sp³-hybridized carbons (Fsp3) is 0.946. The number of hydrogen-bond donors (Lipinski definition) is 7. The molecule has 21 nitrogen and oxygen atoms in total. The molecule has 0 aromatic heterocycles. The topological polar surface area (TPSA) is 326 Å². The van der Waals surface area contributed by atoms with Gasteiger partial charge in [0.25, 0.3) is 0 Å². The molecule has 16 bridgehead atoms. The number of aliphatic hydroxyl groups is 7. The molecular weight excluding hydrogens is 1890 g/mol. The van der Waals surface area contributed by atoms with Crippen LogP contribution in [0.5, 0.6) is 0 Å². The molecule has 22 aliphatic rings. The van der Waals surface area contributed by atoms with E-state index >= 15 is 0 Å². The van der Waals surface area contributed by atoms with Crippen LogP contribution in [-0.4, -0.2) is 161 Å². The van der Waals surface area contributed by atoms with E-state index in [9.17, 15) is 54.0 Å². The summed E-state index contributed by atoms with van der Waals surface area (Å²) in [4.78, 5) is 84.2. The first-order chi connectivity index (χ1) is 70.3. The van der Waals surface area contributed by atoms with Gasteiger partial charge in [0.1, 0.15) is 39.7 Å². The third kappa shape index (κ3) is 28.6. The molecule has 866 valence electrons. The Morgan fingerprint density at radius 2 is 0.627 bits per heavy atom. The van der Waals surface area contributed by atoms with Crippen molar-refractivity contribution in [3.8, 4) is 0 Å². The molecule has 21 heteroatoms. The summed E-state index contributed by atoms with van der Waals surface area (Å²) in [7, 11) is 0. The Bertz CT molecular complexity index is 4200. The molecule has 25 atom stereocenters. The summed E-state index contributed by atoms with van der Waals surface area (Å²) in [5.74, 6) is 17.1. The van der Waals surface area contributed by atoms with Crippen LogP contribution >= 0.6 is 0 Å². The van der Waals surface area contributed by atoms with Gasteiger partial charge in [-0.1, -0.05) is 107 Å². The standard InChI is InChI=1S/C19H32O3.C18H30O3.C18H32O3.C18H28O2.C17H30O3.2C11H18O.C8H16O2.C7H14O2.C2H6O/c1-6-16(2,3)15(20)22-17(4,5)18-8-13-7-14(9-18)11-19(21,10-13)12-18;1-5-12(2)15(19)21-16(3,4)17-7-13-6-14(8-17)10-18(20,9-13)11-17;1-4-16(2,3)15(19)21-18-13-8-6-5-7-11-17(18,20)12-9-10-14-18;1-4-18(2,3)17(19)20-14-9-12-8-13(14)16-11-6-5-10(7-11)15(12)16;1-4-15(2,3)14(18)20-17-12-8-6-5-7-10-16(17,19)11-9-13-17;2*12-6-7-3-10-8-1-2-9(5-8)11(10)4-7;1-5-8(3,4)7(9)10-6-2;1-4-6(3)7(8)9-5-2;1-2-3/h13-14,21H,6-12H2,1-5H3;12-14,20H,5-11H2,1-4H3;20H,4-14H2,1-3H3;10-16H,4-9H2,1-3H3;19H,4-13H2,1-3H3;2*7-12H,1-6H2;5-6H2,1-4H3;6H,4-5H2,1-3H3;3H,2H2,1H3. The number of ether oxygens (including phenoxy) is 7. The van der Waals surface area contributed by atoms with Crippen molar-refractivity contribution in [1.82, 2.24) is 0 Å². The minimum Gasteiger partial charge on any atom is -0.466 e. The zero-order valence-corrected chi connectivity index (χ0v) is 100. The summed E-state index contributed by atoms with van der Waals surface area (Å²) in [5, 5.41) is 69.9. The van der Waals surface area contributed by atoms with Gasteiger partial charge >= 0.3 is 41.8 Å². The average Bonchev–Trinajstić information content (AvgIpc) is 1.39. The van der Waals surface area contributed by atoms with Crippen molar-refractivity contribution >= 4 is 41.8 Å². The molecule has 7 N–H and O–H groups in total. The second-order valence-corrected chi connectivity index (χ2v) is 57.8. The predicted molar refractivity (Wildman–Crippen MR) is 594 cm³/mol. The van der Waals surface area contributed by atoms with Crippen LogP contribution in [0, 0.1) is 168 Å². The number of hydrogen-bond acceptors (Lipinski definition) is 21. The van der Waals surface area contributed by atoms with Gasteiger partial charge in [0.05, 0.1) is 63.3 Å². The molecule has 0 spiro atoms. The molecule has 0 heterocycles. The molecule has 0 aromatic rings. The fourth-order valence-electron chi connectivity index (χ4n) is 34.2. The van der Waals surface area contributed by atoms with Crippen molar-refractivity contribution in [2.45, 2.75) is 571 Å². The summed E-state index contributed by atoms with van der Waals surface area (Å²) >= 11 is 0. The zero-order chi connectivity index (χ0) is 111. The maximum Gasteiger partial charge on any atom is 0.312 e. The summed E-state index contributed by atoms with van der Waals surface area (Å²) in [6.07, 6.45) is 58.3. The van der Waals surface area contributed by atoms with E-state index in [0.717, 1.165) is 282 Å². The van der Waals surface area contributed by atoms with Crippen molar-refractivity contribution in [1.29, 1.82) is 0 Å². The third-order valence-corrected chi connectivity index (χ3v) is 45.2. The van der Waals surface area contributed by atoms with E-state index in [1.54, 1.807) is 6.92 Å². The Balaban J connectivity index is 0.000000162. The molecule has 150 heavy (non-hydrogen) atoms. The largest absolute Gasteiger partial charge is 0.466 e. The lowest BCUT2D eigenvalue weighted by molar-refractivity contribution is -0.236. The molecule has 0 radical (unpaired) electrons. The number of rotatable bonds is 25. The van der Waals surface area contributed by atoms with Crippen LogP contribution in [-0.2, 0) is 66.7 Å². The predicted octanol–water partition coefficient (Wildman–Crippen LogP) is 27.8. The zero-order valence-electron chi connectivity index (χ0n) is 100. The van der Waals surface area contributed by atoms with Gasteiger partial charge in [0.15, 0.2) is 0 Å². The third-order valence-electron chi connectivity index (χ3n) is 45.2. The minimum atomic E-state index is -0.800. The van der Waals surface area contributed by atoms with E-state index in [-0.39, 0.29) is 88.0 Å². The van der Waals surface area contributed by atoms with Crippen LogP contribution in [0.3, 0.4) is 0 Å². The highest BCUT2D eigenvalue weighted by atomic mass is 16.6. The SMILES string of the molecule is CCC(C)(C)C(=O)OC(C)(C)C12CC3CC(CC(O)(C3)C1)C2.CCC(C)(C)C(=O)OC12CCCCCCC1(O)CCC2.CCC(C)(C)C(=O)OC12CCCCCCC1(O)CCCC2.CCC(C)(C)C(=O)OC1CC2CC1C1C3CCC(C3)C21.CCC(C)C(=O)OC(C)(C)C12CC3CC(CC(O)(C3)C1)C2.CCO.CCOC(=O)C(C)(C)CC.CCOC(=O)C(C)CC.OCC1CC2C3CCC(C3)C2C1.OCC1CC2C3CCC(C3)C2C1. The lowest BCUT2D eigenvalue weighted by Crippen LogP contribution is -2.63. The lowest BCUT2D eigenvalue weighted by atomic mass is 9.44. The molecule has 0 aliphatic heterocycles. The monoisotopic (exact) mass is 2110 g/mol. The van der Waals surface area contributed by atoms with Gasteiger partial charge in [-0.15, -0.1) is 0 Å². The highest BCUT2D eigenvalue weighted by Gasteiger charge is 2.68. The number of carbonyl (C=O) groups is 7. The van der Waals surface area contributed by atoms with Crippen LogP contribution in [0.2, 0.25) is 0 Å². The summed E-state index contributed by atoms with van der Waals surface area (Å²) in [6.45, 7) is 53.1. The van der Waals surface area contributed by atoms with Gasteiger partial charge in [0, 0.05) is 30.7 Å². The fourth-order valence-corrected chi connectivity index (χ4v) is 34.2. The Labute approximate surface area is 911 Å². The Morgan fingerprint density at radius 3 is 0.993 bits per heavy atom. The number of aliphatic hydroxyl groups excluding tert-OH is 3. The second kappa shape index (κ2) is 51.8.